The summed E-state index contributed by atoms with van der Waals surface area (Å²) in [5, 5.41) is 3.31. The van der Waals surface area contributed by atoms with Gasteiger partial charge in [0.05, 0.1) is 25.4 Å². The van der Waals surface area contributed by atoms with Crippen molar-refractivity contribution in [3.63, 3.8) is 0 Å². The van der Waals surface area contributed by atoms with E-state index in [1.807, 2.05) is 24.3 Å². The number of para-hydroxylation sites is 1. The Hall–Kier alpha value is -1.81. The first-order valence-corrected chi connectivity index (χ1v) is 6.49. The third-order valence-corrected chi connectivity index (χ3v) is 2.75. The van der Waals surface area contributed by atoms with E-state index in [2.05, 4.69) is 24.1 Å². The molecule has 0 fully saturated rings. The molecule has 4 heteroatoms. The molecule has 1 heterocycles. The normalized spacial score (nSPS) is 10.9. The Balaban J connectivity index is 2.08. The fourth-order valence-corrected chi connectivity index (χ4v) is 1.83. The van der Waals surface area contributed by atoms with Crippen molar-refractivity contribution in [2.75, 3.05) is 13.7 Å². The largest absolute Gasteiger partial charge is 0.496 e. The van der Waals surface area contributed by atoms with Gasteiger partial charge >= 0.3 is 0 Å². The van der Waals surface area contributed by atoms with Crippen LogP contribution in [-0.2, 0) is 6.54 Å². The molecule has 4 nitrogen and oxygen atoms in total. The van der Waals surface area contributed by atoms with Gasteiger partial charge in [0.2, 0.25) is 5.89 Å². The Morgan fingerprint density at radius 2 is 2.11 bits per heavy atom. The Morgan fingerprint density at radius 1 is 1.32 bits per heavy atom. The first-order valence-electron chi connectivity index (χ1n) is 6.49. The van der Waals surface area contributed by atoms with Gasteiger partial charge in [0.15, 0.2) is 5.76 Å². The molecule has 19 heavy (non-hydrogen) atoms. The van der Waals surface area contributed by atoms with Gasteiger partial charge in [-0.2, -0.15) is 0 Å². The number of oxazole rings is 1. The van der Waals surface area contributed by atoms with Gasteiger partial charge in [-0.3, -0.25) is 0 Å². The van der Waals surface area contributed by atoms with E-state index in [0.29, 0.717) is 18.4 Å². The standard InChI is InChI=1S/C15H20N2O2/c1-11(2)8-16-10-15-17-9-14(19-15)12-6-4-5-7-13(12)18-3/h4-7,9,11,16H,8,10H2,1-3H3. The molecule has 0 bridgehead atoms. The van der Waals surface area contributed by atoms with Crippen molar-refractivity contribution in [2.24, 2.45) is 5.92 Å². The number of hydrogen-bond acceptors (Lipinski definition) is 4. The average molecular weight is 260 g/mol. The Kier molecular flexibility index (Phi) is 4.58. The van der Waals surface area contributed by atoms with Crippen LogP contribution in [0.1, 0.15) is 19.7 Å². The number of benzene rings is 1. The molecule has 0 unspecified atom stereocenters. The van der Waals surface area contributed by atoms with E-state index < -0.39 is 0 Å². The van der Waals surface area contributed by atoms with E-state index in [0.717, 1.165) is 23.6 Å². The van der Waals surface area contributed by atoms with Gasteiger partial charge in [-0.1, -0.05) is 26.0 Å². The zero-order valence-electron chi connectivity index (χ0n) is 11.6. The van der Waals surface area contributed by atoms with Crippen LogP contribution < -0.4 is 10.1 Å². The van der Waals surface area contributed by atoms with E-state index in [4.69, 9.17) is 9.15 Å². The van der Waals surface area contributed by atoms with E-state index >= 15 is 0 Å². The molecule has 0 aliphatic carbocycles. The zero-order chi connectivity index (χ0) is 13.7. The van der Waals surface area contributed by atoms with Crippen molar-refractivity contribution in [3.05, 3.63) is 36.4 Å². The monoisotopic (exact) mass is 260 g/mol. The summed E-state index contributed by atoms with van der Waals surface area (Å²) in [5.74, 6) is 2.84. The highest BCUT2D eigenvalue weighted by atomic mass is 16.5. The van der Waals surface area contributed by atoms with Crippen LogP contribution >= 0.6 is 0 Å². The molecule has 1 aromatic heterocycles. The second-order valence-electron chi connectivity index (χ2n) is 4.84. The minimum absolute atomic E-state index is 0.614. The Labute approximate surface area is 113 Å². The fourth-order valence-electron chi connectivity index (χ4n) is 1.83. The number of nitrogens with zero attached hydrogens (tertiary/aromatic N) is 1. The molecule has 2 aromatic rings. The highest BCUT2D eigenvalue weighted by Gasteiger charge is 2.10. The maximum absolute atomic E-state index is 5.74. The van der Waals surface area contributed by atoms with Gasteiger partial charge in [0.1, 0.15) is 5.75 Å². The molecule has 1 N–H and O–H groups in total. The summed E-state index contributed by atoms with van der Waals surface area (Å²) in [6, 6.07) is 7.76. The Bertz CT molecular complexity index is 520. The summed E-state index contributed by atoms with van der Waals surface area (Å²) in [5.41, 5.74) is 0.924. The first kappa shape index (κ1) is 13.6. The summed E-state index contributed by atoms with van der Waals surface area (Å²) < 4.78 is 11.1. The summed E-state index contributed by atoms with van der Waals surface area (Å²) in [6.07, 6.45) is 1.74. The maximum atomic E-state index is 5.74. The van der Waals surface area contributed by atoms with Crippen LogP contribution in [0.5, 0.6) is 5.75 Å². The van der Waals surface area contributed by atoms with Crippen molar-refractivity contribution in [1.82, 2.24) is 10.3 Å². The van der Waals surface area contributed by atoms with E-state index in [-0.39, 0.29) is 0 Å². The van der Waals surface area contributed by atoms with Crippen LogP contribution in [0.15, 0.2) is 34.9 Å². The number of rotatable bonds is 6. The quantitative estimate of drug-likeness (QED) is 0.867. The molecule has 0 aliphatic heterocycles. The van der Waals surface area contributed by atoms with Crippen molar-refractivity contribution >= 4 is 0 Å². The summed E-state index contributed by atoms with van der Waals surface area (Å²) >= 11 is 0. The predicted octanol–water partition coefficient (Wildman–Crippen LogP) is 3.10. The molecule has 102 valence electrons. The van der Waals surface area contributed by atoms with Gasteiger partial charge < -0.3 is 14.5 Å². The number of methoxy groups -OCH3 is 1. The number of hydrogen-bond donors (Lipinski definition) is 1. The number of aromatic nitrogens is 1. The summed E-state index contributed by atoms with van der Waals surface area (Å²) in [7, 11) is 1.65. The van der Waals surface area contributed by atoms with Gasteiger partial charge in [-0.15, -0.1) is 0 Å². The number of ether oxygens (including phenoxy) is 1. The van der Waals surface area contributed by atoms with E-state index in [9.17, 15) is 0 Å². The molecular weight excluding hydrogens is 240 g/mol. The smallest absolute Gasteiger partial charge is 0.208 e. The maximum Gasteiger partial charge on any atom is 0.208 e. The van der Waals surface area contributed by atoms with Crippen LogP contribution in [0, 0.1) is 5.92 Å². The lowest BCUT2D eigenvalue weighted by Crippen LogP contribution is -2.18. The number of nitrogens with one attached hydrogen (secondary N) is 1. The SMILES string of the molecule is COc1ccccc1-c1cnc(CNCC(C)C)o1. The lowest BCUT2D eigenvalue weighted by Gasteiger charge is -2.05. The highest BCUT2D eigenvalue weighted by molar-refractivity contribution is 5.64. The lowest BCUT2D eigenvalue weighted by atomic mass is 10.1. The van der Waals surface area contributed by atoms with Crippen LogP contribution in [0.4, 0.5) is 0 Å². The highest BCUT2D eigenvalue weighted by Crippen LogP contribution is 2.29. The van der Waals surface area contributed by atoms with Crippen LogP contribution in [0.25, 0.3) is 11.3 Å². The summed E-state index contributed by atoms with van der Waals surface area (Å²) in [4.78, 5) is 4.28. The van der Waals surface area contributed by atoms with E-state index in [1.165, 1.54) is 0 Å². The zero-order valence-corrected chi connectivity index (χ0v) is 11.6. The van der Waals surface area contributed by atoms with Gasteiger partial charge in [0.25, 0.3) is 0 Å². The summed E-state index contributed by atoms with van der Waals surface area (Å²) in [6.45, 7) is 5.94. The minimum atomic E-state index is 0.614. The average Bonchev–Trinajstić information content (AvgIpc) is 2.87. The molecule has 1 aromatic carbocycles. The first-order chi connectivity index (χ1) is 9.20. The van der Waals surface area contributed by atoms with Crippen LogP contribution in [-0.4, -0.2) is 18.6 Å². The second kappa shape index (κ2) is 6.38. The fraction of sp³-hybridized carbons (Fsp3) is 0.400. The van der Waals surface area contributed by atoms with Gasteiger partial charge in [0, 0.05) is 0 Å². The van der Waals surface area contributed by atoms with Crippen LogP contribution in [0.3, 0.4) is 0 Å². The molecule has 0 spiro atoms. The molecule has 2 rings (SSSR count). The molecule has 0 atom stereocenters. The molecule has 0 saturated carbocycles. The second-order valence-corrected chi connectivity index (χ2v) is 4.84. The van der Waals surface area contributed by atoms with Gasteiger partial charge in [-0.25, -0.2) is 4.98 Å². The van der Waals surface area contributed by atoms with Crippen molar-refractivity contribution < 1.29 is 9.15 Å². The lowest BCUT2D eigenvalue weighted by molar-refractivity contribution is 0.412. The minimum Gasteiger partial charge on any atom is -0.496 e. The van der Waals surface area contributed by atoms with Crippen molar-refractivity contribution in [2.45, 2.75) is 20.4 Å². The molecule has 0 saturated heterocycles. The topological polar surface area (TPSA) is 47.3 Å². The molecule has 0 radical (unpaired) electrons. The van der Waals surface area contributed by atoms with E-state index in [1.54, 1.807) is 13.3 Å². The molecule has 0 aliphatic rings. The predicted molar refractivity (Wildman–Crippen MR) is 75.0 cm³/mol. The van der Waals surface area contributed by atoms with Crippen molar-refractivity contribution in [1.29, 1.82) is 0 Å². The Morgan fingerprint density at radius 3 is 2.84 bits per heavy atom. The van der Waals surface area contributed by atoms with Crippen LogP contribution in [0.2, 0.25) is 0 Å². The van der Waals surface area contributed by atoms with Crippen molar-refractivity contribution in [3.8, 4) is 17.1 Å². The third-order valence-electron chi connectivity index (χ3n) is 2.75. The molecular formula is C15H20N2O2. The molecule has 0 amide bonds. The van der Waals surface area contributed by atoms with Gasteiger partial charge in [-0.05, 0) is 24.6 Å². The third kappa shape index (κ3) is 3.58.